The number of hydrogen-bond acceptors (Lipinski definition) is 6. The Labute approximate surface area is 172 Å². The van der Waals surface area contributed by atoms with Crippen molar-refractivity contribution < 1.29 is 4.39 Å². The predicted molar refractivity (Wildman–Crippen MR) is 113 cm³/mol. The Hall–Kier alpha value is -3.98. The standard InChI is InChI=1S/C21H12FN7S/c22-19-2-1-18(30-19)12-3-4-25-21-13(12)5-16(27-21)20-14-6-15(11-7-23-10-24-8-11)26-9-17(14)28-29-20/h1-10H,(H,25,27)(H,28,29). The van der Waals surface area contributed by atoms with Gasteiger partial charge in [0.1, 0.15) is 17.7 Å². The van der Waals surface area contributed by atoms with Crippen LogP contribution in [0.15, 0.2) is 61.4 Å². The molecule has 6 heterocycles. The van der Waals surface area contributed by atoms with Gasteiger partial charge in [0, 0.05) is 45.4 Å². The summed E-state index contributed by atoms with van der Waals surface area (Å²) in [5.74, 6) is 0. The molecular weight excluding hydrogens is 401 g/mol. The summed E-state index contributed by atoms with van der Waals surface area (Å²) in [6.07, 6.45) is 8.39. The maximum absolute atomic E-state index is 13.6. The molecule has 0 saturated carbocycles. The third-order valence-corrected chi connectivity index (χ3v) is 5.84. The number of pyridine rings is 2. The fraction of sp³-hybridized carbons (Fsp3) is 0. The molecule has 30 heavy (non-hydrogen) atoms. The van der Waals surface area contributed by atoms with E-state index in [-0.39, 0.29) is 5.13 Å². The van der Waals surface area contributed by atoms with Crippen LogP contribution < -0.4 is 0 Å². The Balaban J connectivity index is 1.52. The van der Waals surface area contributed by atoms with Crippen LogP contribution >= 0.6 is 11.3 Å². The molecule has 0 aliphatic rings. The van der Waals surface area contributed by atoms with Crippen molar-refractivity contribution in [3.63, 3.8) is 0 Å². The van der Waals surface area contributed by atoms with E-state index in [9.17, 15) is 4.39 Å². The number of H-pyrrole nitrogens is 2. The minimum atomic E-state index is -0.214. The van der Waals surface area contributed by atoms with Gasteiger partial charge in [0.05, 0.1) is 23.1 Å². The highest BCUT2D eigenvalue weighted by molar-refractivity contribution is 7.14. The molecule has 0 spiro atoms. The summed E-state index contributed by atoms with van der Waals surface area (Å²) in [5, 5.41) is 9.13. The maximum atomic E-state index is 13.6. The molecule has 0 atom stereocenters. The van der Waals surface area contributed by atoms with Gasteiger partial charge in [-0.2, -0.15) is 9.49 Å². The second-order valence-electron chi connectivity index (χ2n) is 6.72. The number of aromatic amines is 2. The molecule has 0 aliphatic carbocycles. The highest BCUT2D eigenvalue weighted by Gasteiger charge is 2.16. The van der Waals surface area contributed by atoms with E-state index in [0.717, 1.165) is 66.4 Å². The maximum Gasteiger partial charge on any atom is 0.176 e. The molecule has 144 valence electrons. The molecule has 2 N–H and O–H groups in total. The van der Waals surface area contributed by atoms with Crippen molar-refractivity contribution >= 4 is 33.3 Å². The highest BCUT2D eigenvalue weighted by atomic mass is 32.1. The van der Waals surface area contributed by atoms with Crippen molar-refractivity contribution in [2.75, 3.05) is 0 Å². The van der Waals surface area contributed by atoms with E-state index in [1.54, 1.807) is 30.9 Å². The van der Waals surface area contributed by atoms with Gasteiger partial charge >= 0.3 is 0 Å². The molecule has 0 amide bonds. The van der Waals surface area contributed by atoms with E-state index in [1.807, 2.05) is 18.2 Å². The second-order valence-corrected chi connectivity index (χ2v) is 7.76. The first-order chi connectivity index (χ1) is 14.8. The summed E-state index contributed by atoms with van der Waals surface area (Å²) in [5.41, 5.74) is 5.62. The van der Waals surface area contributed by atoms with E-state index < -0.39 is 0 Å². The smallest absolute Gasteiger partial charge is 0.176 e. The lowest BCUT2D eigenvalue weighted by Gasteiger charge is -2.00. The Bertz CT molecular complexity index is 1520. The average molecular weight is 413 g/mol. The number of aromatic nitrogens is 7. The SMILES string of the molecule is Fc1ccc(-c2ccnc3[nH]c(-c4n[nH]c5cnc(-c6cncnc6)cc45)cc23)s1. The second kappa shape index (κ2) is 6.53. The molecule has 9 heteroatoms. The molecule has 0 unspecified atom stereocenters. The molecule has 0 aromatic carbocycles. The number of nitrogens with one attached hydrogen (secondary N) is 2. The van der Waals surface area contributed by atoms with E-state index in [2.05, 4.69) is 35.1 Å². The van der Waals surface area contributed by atoms with Crippen LogP contribution in [0.3, 0.4) is 0 Å². The van der Waals surface area contributed by atoms with Crippen LogP contribution in [-0.4, -0.2) is 35.1 Å². The number of nitrogens with zero attached hydrogens (tertiary/aromatic N) is 5. The minimum absolute atomic E-state index is 0.214. The fourth-order valence-corrected chi connectivity index (χ4v) is 4.31. The zero-order valence-corrected chi connectivity index (χ0v) is 16.1. The zero-order chi connectivity index (χ0) is 20.1. The molecule has 7 nitrogen and oxygen atoms in total. The first kappa shape index (κ1) is 16.9. The number of fused-ring (bicyclic) bond motifs is 2. The third-order valence-electron chi connectivity index (χ3n) is 4.93. The van der Waals surface area contributed by atoms with E-state index in [0.29, 0.717) is 0 Å². The molecule has 6 rings (SSSR count). The summed E-state index contributed by atoms with van der Waals surface area (Å²) >= 11 is 1.11. The van der Waals surface area contributed by atoms with Crippen molar-refractivity contribution in [1.29, 1.82) is 0 Å². The van der Waals surface area contributed by atoms with Crippen LogP contribution in [0.25, 0.3) is 55.0 Å². The first-order valence-corrected chi connectivity index (χ1v) is 9.91. The number of thiophene rings is 1. The summed E-state index contributed by atoms with van der Waals surface area (Å²) in [7, 11) is 0. The predicted octanol–water partition coefficient (Wildman–Crippen LogP) is 4.83. The normalized spacial score (nSPS) is 11.5. The van der Waals surface area contributed by atoms with Gasteiger partial charge in [0.15, 0.2) is 5.13 Å². The Morgan fingerprint density at radius 1 is 0.933 bits per heavy atom. The van der Waals surface area contributed by atoms with Crippen LogP contribution in [0.2, 0.25) is 0 Å². The van der Waals surface area contributed by atoms with Crippen molar-refractivity contribution in [2.24, 2.45) is 0 Å². The molecule has 0 saturated heterocycles. The Kier molecular flexibility index (Phi) is 3.68. The largest absolute Gasteiger partial charge is 0.338 e. The van der Waals surface area contributed by atoms with Crippen molar-refractivity contribution in [3.8, 4) is 33.1 Å². The van der Waals surface area contributed by atoms with Gasteiger partial charge in [-0.15, -0.1) is 11.3 Å². The Morgan fingerprint density at radius 2 is 1.83 bits per heavy atom. The van der Waals surface area contributed by atoms with E-state index in [1.165, 1.54) is 12.4 Å². The van der Waals surface area contributed by atoms with Crippen LogP contribution in [0.1, 0.15) is 0 Å². The average Bonchev–Trinajstić information content (AvgIpc) is 3.51. The molecule has 0 bridgehead atoms. The zero-order valence-electron chi connectivity index (χ0n) is 15.3. The molecule has 0 radical (unpaired) electrons. The van der Waals surface area contributed by atoms with Crippen LogP contribution in [0, 0.1) is 5.13 Å². The van der Waals surface area contributed by atoms with Gasteiger partial charge in [-0.05, 0) is 30.3 Å². The van der Waals surface area contributed by atoms with Crippen molar-refractivity contribution in [3.05, 3.63) is 66.6 Å². The molecule has 0 fully saturated rings. The minimum Gasteiger partial charge on any atom is -0.338 e. The van der Waals surface area contributed by atoms with Crippen molar-refractivity contribution in [2.45, 2.75) is 0 Å². The molecular formula is C21H12FN7S. The van der Waals surface area contributed by atoms with Gasteiger partial charge in [0.25, 0.3) is 0 Å². The van der Waals surface area contributed by atoms with Gasteiger partial charge in [-0.1, -0.05) is 0 Å². The summed E-state index contributed by atoms with van der Waals surface area (Å²) in [6.45, 7) is 0. The lowest BCUT2D eigenvalue weighted by Crippen LogP contribution is -1.86. The summed E-state index contributed by atoms with van der Waals surface area (Å²) in [6, 6.07) is 9.11. The first-order valence-electron chi connectivity index (χ1n) is 9.09. The van der Waals surface area contributed by atoms with Crippen LogP contribution in [0.4, 0.5) is 4.39 Å². The van der Waals surface area contributed by atoms with Gasteiger partial charge in [-0.25, -0.2) is 15.0 Å². The van der Waals surface area contributed by atoms with Gasteiger partial charge in [0.2, 0.25) is 0 Å². The van der Waals surface area contributed by atoms with Crippen LogP contribution in [0.5, 0.6) is 0 Å². The summed E-state index contributed by atoms with van der Waals surface area (Å²) in [4.78, 5) is 21.2. The van der Waals surface area contributed by atoms with Crippen LogP contribution in [-0.2, 0) is 0 Å². The van der Waals surface area contributed by atoms with Crippen molar-refractivity contribution in [1.82, 2.24) is 35.1 Å². The fourth-order valence-electron chi connectivity index (χ4n) is 3.54. The molecule has 6 aromatic heterocycles. The third kappa shape index (κ3) is 2.67. The number of rotatable bonds is 3. The monoisotopic (exact) mass is 413 g/mol. The molecule has 0 aliphatic heterocycles. The highest BCUT2D eigenvalue weighted by Crippen LogP contribution is 2.36. The molecule has 6 aromatic rings. The topological polar surface area (TPSA) is 96.0 Å². The van der Waals surface area contributed by atoms with Gasteiger partial charge < -0.3 is 4.98 Å². The quantitative estimate of drug-likeness (QED) is 0.433. The lowest BCUT2D eigenvalue weighted by atomic mass is 10.1. The number of halogens is 1. The van der Waals surface area contributed by atoms with Gasteiger partial charge in [-0.3, -0.25) is 10.1 Å². The lowest BCUT2D eigenvalue weighted by molar-refractivity contribution is 0.657. The van der Waals surface area contributed by atoms with E-state index in [4.69, 9.17) is 0 Å². The Morgan fingerprint density at radius 3 is 2.67 bits per heavy atom. The summed E-state index contributed by atoms with van der Waals surface area (Å²) < 4.78 is 13.6. The van der Waals surface area contributed by atoms with E-state index >= 15 is 0 Å². The number of hydrogen-bond donors (Lipinski definition) is 2.